The van der Waals surface area contributed by atoms with E-state index >= 15 is 0 Å². The topological polar surface area (TPSA) is 44.8 Å². The number of ether oxygens (including phenoxy) is 3. The Bertz CT molecular complexity index is 315. The first-order chi connectivity index (χ1) is 7.25. The molecule has 0 aromatic carbocycles. The number of hydrogen-bond acceptors (Lipinski definition) is 4. The molecule has 82 valence electrons. The van der Waals surface area contributed by atoms with Gasteiger partial charge in [-0.05, 0) is 18.8 Å². The molecule has 3 atom stereocenters. The number of esters is 1. The van der Waals surface area contributed by atoms with E-state index in [0.717, 1.165) is 19.3 Å². The normalized spacial score (nSPS) is 39.1. The molecule has 2 saturated carbocycles. The first-order valence-electron chi connectivity index (χ1n) is 5.33. The fraction of sp³-hybridized carbons (Fsp3) is 0.727. The van der Waals surface area contributed by atoms with Gasteiger partial charge < -0.3 is 14.2 Å². The van der Waals surface area contributed by atoms with E-state index in [9.17, 15) is 4.79 Å². The molecule has 4 heteroatoms. The molecular weight excluding hydrogens is 196 g/mol. The number of methoxy groups -OCH3 is 1. The van der Waals surface area contributed by atoms with Crippen molar-refractivity contribution in [2.75, 3.05) is 7.11 Å². The second kappa shape index (κ2) is 2.90. The van der Waals surface area contributed by atoms with Gasteiger partial charge in [0.1, 0.15) is 12.5 Å². The van der Waals surface area contributed by atoms with E-state index in [-0.39, 0.29) is 11.9 Å². The number of carbonyl (C=O) groups excluding carboxylic acids is 1. The predicted octanol–water partition coefficient (Wildman–Crippen LogP) is 1.42. The second-order valence-corrected chi connectivity index (χ2v) is 4.58. The standard InChI is InChI=1S/C11H14O4/c1-13-10(12)9-5-8-4-7(9)6-11(8)14-2-3-15-11/h2-3,7-9H,4-6H2,1H3/t7-,8+,9?/m0/s1. The smallest absolute Gasteiger partial charge is 0.308 e. The van der Waals surface area contributed by atoms with E-state index in [4.69, 9.17) is 14.2 Å². The molecule has 2 fully saturated rings. The van der Waals surface area contributed by atoms with Gasteiger partial charge in [0, 0.05) is 12.3 Å². The molecule has 3 aliphatic rings. The Morgan fingerprint density at radius 2 is 2.13 bits per heavy atom. The Hall–Kier alpha value is -1.19. The van der Waals surface area contributed by atoms with E-state index in [1.807, 2.05) is 0 Å². The fourth-order valence-electron chi connectivity index (χ4n) is 3.28. The van der Waals surface area contributed by atoms with Gasteiger partial charge in [-0.1, -0.05) is 0 Å². The van der Waals surface area contributed by atoms with Crippen LogP contribution in [-0.2, 0) is 19.0 Å². The second-order valence-electron chi connectivity index (χ2n) is 4.58. The predicted molar refractivity (Wildman–Crippen MR) is 50.4 cm³/mol. The minimum Gasteiger partial charge on any atom is -0.469 e. The Morgan fingerprint density at radius 1 is 1.40 bits per heavy atom. The van der Waals surface area contributed by atoms with Crippen molar-refractivity contribution in [2.45, 2.75) is 25.0 Å². The molecule has 2 aliphatic carbocycles. The van der Waals surface area contributed by atoms with Gasteiger partial charge in [-0.15, -0.1) is 0 Å². The van der Waals surface area contributed by atoms with Crippen LogP contribution in [0.5, 0.6) is 0 Å². The maximum Gasteiger partial charge on any atom is 0.308 e. The summed E-state index contributed by atoms with van der Waals surface area (Å²) in [7, 11) is 1.45. The summed E-state index contributed by atoms with van der Waals surface area (Å²) >= 11 is 0. The van der Waals surface area contributed by atoms with Crippen molar-refractivity contribution in [3.8, 4) is 0 Å². The Balaban J connectivity index is 1.75. The molecule has 0 N–H and O–H groups in total. The molecule has 3 rings (SSSR count). The lowest BCUT2D eigenvalue weighted by Crippen LogP contribution is -2.40. The highest BCUT2D eigenvalue weighted by Gasteiger charge is 2.61. The highest BCUT2D eigenvalue weighted by molar-refractivity contribution is 5.73. The van der Waals surface area contributed by atoms with E-state index in [1.54, 1.807) is 12.5 Å². The SMILES string of the molecule is COC(=O)C1C[C@H]2C[C@H]1CC21OC=CO1. The molecule has 2 bridgehead atoms. The summed E-state index contributed by atoms with van der Waals surface area (Å²) in [6.07, 6.45) is 5.87. The van der Waals surface area contributed by atoms with Crippen LogP contribution in [-0.4, -0.2) is 18.9 Å². The first kappa shape index (κ1) is 9.07. The zero-order valence-corrected chi connectivity index (χ0v) is 8.64. The molecule has 1 spiro atoms. The maximum absolute atomic E-state index is 11.5. The Labute approximate surface area is 88.2 Å². The van der Waals surface area contributed by atoms with Crippen LogP contribution in [0.25, 0.3) is 0 Å². The monoisotopic (exact) mass is 210 g/mol. The third-order valence-corrected chi connectivity index (χ3v) is 3.96. The highest BCUT2D eigenvalue weighted by atomic mass is 16.7. The Kier molecular flexibility index (Phi) is 1.75. The average molecular weight is 210 g/mol. The van der Waals surface area contributed by atoms with Crippen LogP contribution < -0.4 is 0 Å². The minimum atomic E-state index is -0.449. The summed E-state index contributed by atoms with van der Waals surface area (Å²) in [6.45, 7) is 0. The lowest BCUT2D eigenvalue weighted by molar-refractivity contribution is -0.185. The molecule has 0 amide bonds. The van der Waals surface area contributed by atoms with Crippen LogP contribution in [0.1, 0.15) is 19.3 Å². The maximum atomic E-state index is 11.5. The molecule has 1 aliphatic heterocycles. The van der Waals surface area contributed by atoms with Crippen molar-refractivity contribution >= 4 is 5.97 Å². The molecule has 1 heterocycles. The van der Waals surface area contributed by atoms with E-state index in [0.29, 0.717) is 11.8 Å². The third-order valence-electron chi connectivity index (χ3n) is 3.96. The van der Waals surface area contributed by atoms with Crippen molar-refractivity contribution in [2.24, 2.45) is 17.8 Å². The van der Waals surface area contributed by atoms with Crippen molar-refractivity contribution in [3.05, 3.63) is 12.5 Å². The van der Waals surface area contributed by atoms with Gasteiger partial charge in [-0.3, -0.25) is 4.79 Å². The first-order valence-corrected chi connectivity index (χ1v) is 5.33. The molecule has 0 aromatic heterocycles. The molecular formula is C11H14O4. The fourth-order valence-corrected chi connectivity index (χ4v) is 3.28. The van der Waals surface area contributed by atoms with Crippen LogP contribution >= 0.6 is 0 Å². The molecule has 1 unspecified atom stereocenters. The largest absolute Gasteiger partial charge is 0.469 e. The van der Waals surface area contributed by atoms with Gasteiger partial charge in [0.25, 0.3) is 5.79 Å². The summed E-state index contributed by atoms with van der Waals surface area (Å²) in [5, 5.41) is 0. The van der Waals surface area contributed by atoms with E-state index in [2.05, 4.69) is 0 Å². The van der Waals surface area contributed by atoms with Crippen LogP contribution in [0.15, 0.2) is 12.5 Å². The number of fused-ring (bicyclic) bond motifs is 3. The van der Waals surface area contributed by atoms with E-state index < -0.39 is 5.79 Å². The average Bonchev–Trinajstić information content (AvgIpc) is 2.92. The van der Waals surface area contributed by atoms with Gasteiger partial charge >= 0.3 is 5.97 Å². The van der Waals surface area contributed by atoms with Crippen molar-refractivity contribution < 1.29 is 19.0 Å². The van der Waals surface area contributed by atoms with Crippen LogP contribution in [0.4, 0.5) is 0 Å². The molecule has 4 nitrogen and oxygen atoms in total. The van der Waals surface area contributed by atoms with Crippen LogP contribution in [0.2, 0.25) is 0 Å². The Morgan fingerprint density at radius 3 is 2.67 bits per heavy atom. The van der Waals surface area contributed by atoms with E-state index in [1.165, 1.54) is 7.11 Å². The lowest BCUT2D eigenvalue weighted by atomic mass is 9.85. The van der Waals surface area contributed by atoms with Crippen LogP contribution in [0, 0.1) is 17.8 Å². The number of rotatable bonds is 1. The summed E-state index contributed by atoms with van der Waals surface area (Å²) < 4.78 is 15.9. The molecule has 0 saturated heterocycles. The van der Waals surface area contributed by atoms with Crippen molar-refractivity contribution in [1.82, 2.24) is 0 Å². The van der Waals surface area contributed by atoms with Gasteiger partial charge in [0.2, 0.25) is 0 Å². The summed E-state index contributed by atoms with van der Waals surface area (Å²) in [5.74, 6) is 0.223. The van der Waals surface area contributed by atoms with Gasteiger partial charge in [-0.2, -0.15) is 0 Å². The van der Waals surface area contributed by atoms with Gasteiger partial charge in [0.15, 0.2) is 0 Å². The van der Waals surface area contributed by atoms with Crippen LogP contribution in [0.3, 0.4) is 0 Å². The van der Waals surface area contributed by atoms with Crippen molar-refractivity contribution in [3.63, 3.8) is 0 Å². The summed E-state index contributed by atoms with van der Waals surface area (Å²) in [6, 6.07) is 0. The van der Waals surface area contributed by atoms with Gasteiger partial charge in [-0.25, -0.2) is 0 Å². The summed E-state index contributed by atoms with van der Waals surface area (Å²) in [5.41, 5.74) is 0. The minimum absolute atomic E-state index is 0.0541. The quantitative estimate of drug-likeness (QED) is 0.614. The van der Waals surface area contributed by atoms with Crippen molar-refractivity contribution in [1.29, 1.82) is 0 Å². The zero-order chi connectivity index (χ0) is 10.5. The lowest BCUT2D eigenvalue weighted by Gasteiger charge is -2.33. The third kappa shape index (κ3) is 1.10. The summed E-state index contributed by atoms with van der Waals surface area (Å²) in [4.78, 5) is 11.5. The molecule has 15 heavy (non-hydrogen) atoms. The molecule has 0 aromatic rings. The molecule has 0 radical (unpaired) electrons. The number of hydrogen-bond donors (Lipinski definition) is 0. The highest BCUT2D eigenvalue weighted by Crippen LogP contribution is 2.57. The zero-order valence-electron chi connectivity index (χ0n) is 8.64. The number of carbonyl (C=O) groups is 1. The van der Waals surface area contributed by atoms with Gasteiger partial charge in [0.05, 0.1) is 13.0 Å².